The van der Waals surface area contributed by atoms with Crippen LogP contribution in [0.3, 0.4) is 0 Å². The maximum Gasteiger partial charge on any atom is 0.149 e. The number of nitrogens with one attached hydrogen (secondary N) is 2. The van der Waals surface area contributed by atoms with Crippen LogP contribution in [0.5, 0.6) is 0 Å². The molecule has 1 aromatic carbocycles. The standard InChI is InChI=1S/C9H12N2O2/c1-13-6-7-4-2-3-5-8(7)9(10)11-12/h2-5,12H,6H2,1H3,(H2,10,11). The molecule has 0 fully saturated rings. The van der Waals surface area contributed by atoms with E-state index < -0.39 is 0 Å². The van der Waals surface area contributed by atoms with E-state index in [-0.39, 0.29) is 5.84 Å². The molecule has 1 aromatic rings. The molecule has 0 aliphatic heterocycles. The molecular weight excluding hydrogens is 168 g/mol. The summed E-state index contributed by atoms with van der Waals surface area (Å²) in [6.07, 6.45) is 0. The van der Waals surface area contributed by atoms with Gasteiger partial charge in [0, 0.05) is 12.7 Å². The topological polar surface area (TPSA) is 65.3 Å². The summed E-state index contributed by atoms with van der Waals surface area (Å²) in [6.45, 7) is 0.431. The fourth-order valence-corrected chi connectivity index (χ4v) is 1.11. The zero-order valence-electron chi connectivity index (χ0n) is 7.37. The predicted octanol–water partition coefficient (Wildman–Crippen LogP) is 1.14. The van der Waals surface area contributed by atoms with Gasteiger partial charge in [0.25, 0.3) is 0 Å². The van der Waals surface area contributed by atoms with Crippen molar-refractivity contribution in [2.24, 2.45) is 0 Å². The third-order valence-electron chi connectivity index (χ3n) is 1.70. The van der Waals surface area contributed by atoms with E-state index in [0.29, 0.717) is 12.2 Å². The second-order valence-electron chi connectivity index (χ2n) is 2.58. The highest BCUT2D eigenvalue weighted by Crippen LogP contribution is 2.09. The Morgan fingerprint density at radius 1 is 1.54 bits per heavy atom. The van der Waals surface area contributed by atoms with Gasteiger partial charge >= 0.3 is 0 Å². The van der Waals surface area contributed by atoms with Gasteiger partial charge in [-0.25, -0.2) is 0 Å². The van der Waals surface area contributed by atoms with Crippen molar-refractivity contribution in [2.75, 3.05) is 7.11 Å². The summed E-state index contributed by atoms with van der Waals surface area (Å²) in [7, 11) is 1.59. The highest BCUT2D eigenvalue weighted by molar-refractivity contribution is 5.96. The number of amidine groups is 1. The minimum absolute atomic E-state index is 0.0207. The van der Waals surface area contributed by atoms with E-state index in [2.05, 4.69) is 0 Å². The van der Waals surface area contributed by atoms with E-state index in [4.69, 9.17) is 15.4 Å². The lowest BCUT2D eigenvalue weighted by Crippen LogP contribution is -2.20. The lowest BCUT2D eigenvalue weighted by atomic mass is 10.1. The van der Waals surface area contributed by atoms with E-state index in [0.717, 1.165) is 5.56 Å². The van der Waals surface area contributed by atoms with Crippen LogP contribution in [0.15, 0.2) is 24.3 Å². The largest absolute Gasteiger partial charge is 0.380 e. The lowest BCUT2D eigenvalue weighted by Gasteiger charge is -2.07. The monoisotopic (exact) mass is 180 g/mol. The zero-order valence-corrected chi connectivity index (χ0v) is 7.37. The minimum Gasteiger partial charge on any atom is -0.380 e. The Bertz CT molecular complexity index is 299. The molecule has 0 bridgehead atoms. The number of methoxy groups -OCH3 is 1. The predicted molar refractivity (Wildman–Crippen MR) is 48.9 cm³/mol. The molecule has 0 aromatic heterocycles. The molecule has 1 rings (SSSR count). The Morgan fingerprint density at radius 3 is 2.85 bits per heavy atom. The van der Waals surface area contributed by atoms with Gasteiger partial charge in [-0.05, 0) is 5.56 Å². The molecule has 0 saturated heterocycles. The molecule has 70 valence electrons. The van der Waals surface area contributed by atoms with Crippen LogP contribution in [-0.2, 0) is 11.3 Å². The van der Waals surface area contributed by atoms with Gasteiger partial charge < -0.3 is 4.74 Å². The summed E-state index contributed by atoms with van der Waals surface area (Å²) in [5.41, 5.74) is 3.32. The quantitative estimate of drug-likeness (QED) is 0.371. The average molecular weight is 180 g/mol. The first-order valence-electron chi connectivity index (χ1n) is 3.85. The van der Waals surface area contributed by atoms with Gasteiger partial charge in [-0.15, -0.1) is 0 Å². The molecule has 0 heterocycles. The third-order valence-corrected chi connectivity index (χ3v) is 1.70. The Morgan fingerprint density at radius 2 is 2.23 bits per heavy atom. The van der Waals surface area contributed by atoms with Crippen molar-refractivity contribution in [1.82, 2.24) is 5.48 Å². The Labute approximate surface area is 76.6 Å². The minimum atomic E-state index is -0.0207. The number of rotatable bonds is 3. The van der Waals surface area contributed by atoms with Gasteiger partial charge in [0.2, 0.25) is 0 Å². The molecule has 0 radical (unpaired) electrons. The van der Waals surface area contributed by atoms with Crippen molar-refractivity contribution in [1.29, 1.82) is 5.41 Å². The Hall–Kier alpha value is -1.39. The summed E-state index contributed by atoms with van der Waals surface area (Å²) in [5.74, 6) is -0.0207. The SMILES string of the molecule is COCc1ccccc1C(=N)NO. The fourth-order valence-electron chi connectivity index (χ4n) is 1.11. The van der Waals surface area contributed by atoms with Crippen LogP contribution in [0, 0.1) is 5.41 Å². The highest BCUT2D eigenvalue weighted by Gasteiger charge is 2.05. The molecule has 0 aliphatic rings. The van der Waals surface area contributed by atoms with Crippen LogP contribution < -0.4 is 5.48 Å². The summed E-state index contributed by atoms with van der Waals surface area (Å²) >= 11 is 0. The van der Waals surface area contributed by atoms with E-state index in [1.807, 2.05) is 17.6 Å². The van der Waals surface area contributed by atoms with Gasteiger partial charge in [0.05, 0.1) is 6.61 Å². The van der Waals surface area contributed by atoms with Crippen LogP contribution in [0.2, 0.25) is 0 Å². The van der Waals surface area contributed by atoms with Crippen molar-refractivity contribution in [3.05, 3.63) is 35.4 Å². The van der Waals surface area contributed by atoms with E-state index in [1.165, 1.54) is 0 Å². The average Bonchev–Trinajstić information content (AvgIpc) is 2.18. The van der Waals surface area contributed by atoms with E-state index in [1.54, 1.807) is 19.2 Å². The second-order valence-corrected chi connectivity index (χ2v) is 2.58. The summed E-state index contributed by atoms with van der Waals surface area (Å²) in [6, 6.07) is 7.27. The smallest absolute Gasteiger partial charge is 0.149 e. The van der Waals surface area contributed by atoms with E-state index in [9.17, 15) is 0 Å². The van der Waals surface area contributed by atoms with Crippen molar-refractivity contribution in [3.8, 4) is 0 Å². The highest BCUT2D eigenvalue weighted by atomic mass is 16.5. The third kappa shape index (κ3) is 2.27. The molecule has 0 atom stereocenters. The summed E-state index contributed by atoms with van der Waals surface area (Å²) in [4.78, 5) is 0. The normalized spacial score (nSPS) is 9.69. The molecule has 0 amide bonds. The van der Waals surface area contributed by atoms with Crippen LogP contribution in [0.1, 0.15) is 11.1 Å². The molecular formula is C9H12N2O2. The molecule has 0 spiro atoms. The number of hydrogen-bond donors (Lipinski definition) is 3. The molecule has 0 aliphatic carbocycles. The van der Waals surface area contributed by atoms with Crippen molar-refractivity contribution in [3.63, 3.8) is 0 Å². The van der Waals surface area contributed by atoms with Crippen LogP contribution in [0.4, 0.5) is 0 Å². The van der Waals surface area contributed by atoms with Crippen LogP contribution >= 0.6 is 0 Å². The lowest BCUT2D eigenvalue weighted by molar-refractivity contribution is 0.184. The number of hydroxylamine groups is 1. The summed E-state index contributed by atoms with van der Waals surface area (Å²) < 4.78 is 4.96. The van der Waals surface area contributed by atoms with Crippen molar-refractivity contribution < 1.29 is 9.94 Å². The Kier molecular flexibility index (Phi) is 3.42. The maximum absolute atomic E-state index is 8.57. The molecule has 0 unspecified atom stereocenters. The molecule has 13 heavy (non-hydrogen) atoms. The molecule has 3 N–H and O–H groups in total. The van der Waals surface area contributed by atoms with E-state index >= 15 is 0 Å². The maximum atomic E-state index is 8.57. The molecule has 4 nitrogen and oxygen atoms in total. The second kappa shape index (κ2) is 4.59. The van der Waals surface area contributed by atoms with Crippen LogP contribution in [-0.4, -0.2) is 18.2 Å². The molecule has 4 heteroatoms. The van der Waals surface area contributed by atoms with Crippen LogP contribution in [0.25, 0.3) is 0 Å². The first-order valence-corrected chi connectivity index (χ1v) is 3.85. The molecule has 0 saturated carbocycles. The number of hydrogen-bond acceptors (Lipinski definition) is 3. The first-order chi connectivity index (χ1) is 6.29. The van der Waals surface area contributed by atoms with Crippen molar-refractivity contribution >= 4 is 5.84 Å². The van der Waals surface area contributed by atoms with Crippen molar-refractivity contribution in [2.45, 2.75) is 6.61 Å². The first kappa shape index (κ1) is 9.70. The number of ether oxygens (including phenoxy) is 1. The Balaban J connectivity index is 2.97. The summed E-state index contributed by atoms with van der Waals surface area (Å²) in [5, 5.41) is 15.9. The van der Waals surface area contributed by atoms with Gasteiger partial charge in [0.1, 0.15) is 5.84 Å². The number of benzene rings is 1. The fraction of sp³-hybridized carbons (Fsp3) is 0.222. The van der Waals surface area contributed by atoms with Gasteiger partial charge in [-0.2, -0.15) is 0 Å². The van der Waals surface area contributed by atoms with Gasteiger partial charge in [-0.1, -0.05) is 24.3 Å². The van der Waals surface area contributed by atoms with Gasteiger partial charge in [0.15, 0.2) is 0 Å². The van der Waals surface area contributed by atoms with Gasteiger partial charge in [-0.3, -0.25) is 16.1 Å². The zero-order chi connectivity index (χ0) is 9.68.